The van der Waals surface area contributed by atoms with Crippen molar-refractivity contribution in [2.24, 2.45) is 5.92 Å². The van der Waals surface area contributed by atoms with Gasteiger partial charge in [-0.2, -0.15) is 0 Å². The van der Waals surface area contributed by atoms with Gasteiger partial charge in [-0.25, -0.2) is 4.79 Å². The molecule has 0 radical (unpaired) electrons. The molecule has 0 saturated heterocycles. The largest absolute Gasteiger partial charge is 0.504 e. The first kappa shape index (κ1) is 21.3. The van der Waals surface area contributed by atoms with Crippen LogP contribution in [0.2, 0.25) is 0 Å². The van der Waals surface area contributed by atoms with E-state index in [-0.39, 0.29) is 30.1 Å². The molecule has 3 N–H and O–H groups in total. The van der Waals surface area contributed by atoms with Gasteiger partial charge in [-0.1, -0.05) is 11.6 Å². The van der Waals surface area contributed by atoms with Crippen molar-refractivity contribution in [1.82, 2.24) is 0 Å². The minimum atomic E-state index is -1.25. The van der Waals surface area contributed by atoms with Crippen molar-refractivity contribution < 1.29 is 39.1 Å². The van der Waals surface area contributed by atoms with E-state index in [9.17, 15) is 24.9 Å². The Bertz CT molecular complexity index is 804. The van der Waals surface area contributed by atoms with Crippen molar-refractivity contribution in [3.05, 3.63) is 46.7 Å². The van der Waals surface area contributed by atoms with Crippen LogP contribution in [-0.2, 0) is 30.2 Å². The second-order valence-corrected chi connectivity index (χ2v) is 6.56. The Balaban J connectivity index is 2.05. The number of hydrogen-bond acceptors (Lipinski definition) is 8. The topological polar surface area (TPSA) is 123 Å². The molecule has 1 aliphatic heterocycles. The van der Waals surface area contributed by atoms with Gasteiger partial charge in [-0.05, 0) is 31.5 Å². The second kappa shape index (κ2) is 9.27. The van der Waals surface area contributed by atoms with Gasteiger partial charge < -0.3 is 29.5 Å². The van der Waals surface area contributed by atoms with Gasteiger partial charge in [-0.3, -0.25) is 4.79 Å². The molecule has 152 valence electrons. The zero-order valence-electron chi connectivity index (χ0n) is 16.0. The molecule has 28 heavy (non-hydrogen) atoms. The molecule has 0 spiro atoms. The Labute approximate surface area is 162 Å². The Morgan fingerprint density at radius 2 is 1.89 bits per heavy atom. The molecule has 8 nitrogen and oxygen atoms in total. The van der Waals surface area contributed by atoms with Crippen LogP contribution in [0, 0.1) is 5.92 Å². The van der Waals surface area contributed by atoms with Crippen molar-refractivity contribution in [2.75, 3.05) is 13.7 Å². The molecule has 1 heterocycles. The number of allylic oxidation sites excluding steroid dienone is 1. The third-order valence-electron chi connectivity index (χ3n) is 4.40. The minimum Gasteiger partial charge on any atom is -0.504 e. The minimum absolute atomic E-state index is 0.0518. The normalized spacial score (nSPS) is 18.7. The molecule has 0 fully saturated rings. The molecule has 0 amide bonds. The first-order valence-electron chi connectivity index (χ1n) is 8.70. The van der Waals surface area contributed by atoms with Crippen LogP contribution in [0.15, 0.2) is 41.2 Å². The maximum atomic E-state index is 12.3. The molecule has 0 bridgehead atoms. The zero-order chi connectivity index (χ0) is 20.8. The second-order valence-electron chi connectivity index (χ2n) is 6.56. The van der Waals surface area contributed by atoms with Crippen molar-refractivity contribution in [1.29, 1.82) is 0 Å². The number of esters is 2. The number of methoxy groups -OCH3 is 1. The lowest BCUT2D eigenvalue weighted by Gasteiger charge is -2.30. The summed E-state index contributed by atoms with van der Waals surface area (Å²) in [5, 5.41) is 28.9. The summed E-state index contributed by atoms with van der Waals surface area (Å²) in [6.07, 6.45) is 0.0322. The summed E-state index contributed by atoms with van der Waals surface area (Å²) in [6, 6.07) is 4.35. The first-order chi connectivity index (χ1) is 13.2. The van der Waals surface area contributed by atoms with E-state index in [0.717, 1.165) is 11.8 Å². The van der Waals surface area contributed by atoms with Crippen LogP contribution >= 0.6 is 0 Å². The van der Waals surface area contributed by atoms with E-state index in [1.807, 2.05) is 0 Å². The third kappa shape index (κ3) is 5.04. The van der Waals surface area contributed by atoms with Crippen LogP contribution in [0.5, 0.6) is 11.5 Å². The Morgan fingerprint density at radius 1 is 1.18 bits per heavy atom. The Kier molecular flexibility index (Phi) is 7.06. The number of benzene rings is 1. The molecule has 0 unspecified atom stereocenters. The number of aliphatic hydroxyl groups is 1. The van der Waals surface area contributed by atoms with Crippen LogP contribution in [0.25, 0.3) is 0 Å². The maximum Gasteiger partial charge on any atom is 0.337 e. The quantitative estimate of drug-likeness (QED) is 0.381. The number of aliphatic hydroxyl groups excluding tert-OH is 1. The molecule has 0 saturated carbocycles. The van der Waals surface area contributed by atoms with Crippen molar-refractivity contribution in [2.45, 2.75) is 33.0 Å². The zero-order valence-corrected chi connectivity index (χ0v) is 16.0. The molecule has 1 aromatic rings. The van der Waals surface area contributed by atoms with E-state index < -0.39 is 24.1 Å². The molecule has 1 aromatic carbocycles. The average Bonchev–Trinajstić information content (AvgIpc) is 2.64. The van der Waals surface area contributed by atoms with Crippen LogP contribution in [0.4, 0.5) is 0 Å². The summed E-state index contributed by atoms with van der Waals surface area (Å²) in [5.74, 6) is -2.40. The predicted molar refractivity (Wildman–Crippen MR) is 98.1 cm³/mol. The number of phenols is 2. The van der Waals surface area contributed by atoms with Crippen molar-refractivity contribution >= 4 is 11.9 Å². The van der Waals surface area contributed by atoms with Gasteiger partial charge in [0.15, 0.2) is 11.5 Å². The highest BCUT2D eigenvalue weighted by atomic mass is 16.6. The molecule has 1 aliphatic rings. The van der Waals surface area contributed by atoms with Crippen molar-refractivity contribution in [3.8, 4) is 11.5 Å². The summed E-state index contributed by atoms with van der Waals surface area (Å²) in [7, 11) is 1.22. The monoisotopic (exact) mass is 392 g/mol. The molecule has 8 heteroatoms. The van der Waals surface area contributed by atoms with Gasteiger partial charge >= 0.3 is 11.9 Å². The standard InChI is InChI=1S/C20H24O8/c1-11(2)18-13(14(19(24)26-3)10-28-20(18)25)9-17(23)27-7-6-12-4-5-15(21)16(22)8-12/h4-5,8,10,13,20-22,25H,6-7,9H2,1-3H3/t13-,20-/m1/s1. The van der Waals surface area contributed by atoms with E-state index >= 15 is 0 Å². The highest BCUT2D eigenvalue weighted by molar-refractivity contribution is 5.90. The van der Waals surface area contributed by atoms with E-state index in [2.05, 4.69) is 0 Å². The number of carbonyl (C=O) groups is 2. The lowest BCUT2D eigenvalue weighted by Crippen LogP contribution is -2.32. The molecule has 2 rings (SSSR count). The van der Waals surface area contributed by atoms with E-state index in [1.54, 1.807) is 19.9 Å². The fourth-order valence-electron chi connectivity index (χ4n) is 2.99. The van der Waals surface area contributed by atoms with Gasteiger partial charge in [0.2, 0.25) is 6.29 Å². The number of phenolic OH excluding ortho intramolecular Hbond substituents is 2. The molecular weight excluding hydrogens is 368 g/mol. The third-order valence-corrected chi connectivity index (χ3v) is 4.40. The summed E-state index contributed by atoms with van der Waals surface area (Å²) < 4.78 is 15.1. The first-order valence-corrected chi connectivity index (χ1v) is 8.70. The Hall–Kier alpha value is -3.00. The van der Waals surface area contributed by atoms with E-state index in [0.29, 0.717) is 17.6 Å². The smallest absolute Gasteiger partial charge is 0.337 e. The maximum absolute atomic E-state index is 12.3. The van der Waals surface area contributed by atoms with Crippen LogP contribution in [0.1, 0.15) is 25.8 Å². The fourth-order valence-corrected chi connectivity index (χ4v) is 2.99. The number of rotatable bonds is 6. The van der Waals surface area contributed by atoms with Gasteiger partial charge in [0.1, 0.15) is 0 Å². The lowest BCUT2D eigenvalue weighted by molar-refractivity contribution is -0.145. The SMILES string of the molecule is COC(=O)C1=CO[C@@H](O)C(=C(C)C)[C@@H]1CC(=O)OCCc1ccc(O)c(O)c1. The lowest BCUT2D eigenvalue weighted by atomic mass is 9.84. The summed E-state index contributed by atoms with van der Waals surface area (Å²) in [5.41, 5.74) is 1.96. The van der Waals surface area contributed by atoms with Crippen LogP contribution < -0.4 is 0 Å². The summed E-state index contributed by atoms with van der Waals surface area (Å²) in [6.45, 7) is 3.55. The van der Waals surface area contributed by atoms with Gasteiger partial charge in [0.25, 0.3) is 0 Å². The molecule has 2 atom stereocenters. The number of aromatic hydroxyl groups is 2. The van der Waals surface area contributed by atoms with E-state index in [4.69, 9.17) is 14.2 Å². The van der Waals surface area contributed by atoms with Crippen LogP contribution in [0.3, 0.4) is 0 Å². The van der Waals surface area contributed by atoms with Gasteiger partial charge in [-0.15, -0.1) is 0 Å². The van der Waals surface area contributed by atoms with Gasteiger partial charge in [0.05, 0.1) is 32.0 Å². The van der Waals surface area contributed by atoms with Gasteiger partial charge in [0, 0.05) is 17.9 Å². The number of ether oxygens (including phenoxy) is 3. The Morgan fingerprint density at radius 3 is 2.50 bits per heavy atom. The highest BCUT2D eigenvalue weighted by Gasteiger charge is 2.36. The molecule has 0 aromatic heterocycles. The predicted octanol–water partition coefficient (Wildman–Crippen LogP) is 1.93. The molecule has 0 aliphatic carbocycles. The highest BCUT2D eigenvalue weighted by Crippen LogP contribution is 2.34. The van der Waals surface area contributed by atoms with E-state index in [1.165, 1.54) is 19.2 Å². The van der Waals surface area contributed by atoms with Crippen LogP contribution in [-0.4, -0.2) is 47.3 Å². The summed E-state index contributed by atoms with van der Waals surface area (Å²) >= 11 is 0. The number of carbonyl (C=O) groups excluding carboxylic acids is 2. The average molecular weight is 392 g/mol. The van der Waals surface area contributed by atoms with Crippen molar-refractivity contribution in [3.63, 3.8) is 0 Å². The fraction of sp³-hybridized carbons (Fsp3) is 0.400. The number of hydrogen-bond donors (Lipinski definition) is 3. The summed E-state index contributed by atoms with van der Waals surface area (Å²) in [4.78, 5) is 24.3. The molecular formula is C20H24O8.